The van der Waals surface area contributed by atoms with Crippen LogP contribution in [-0.4, -0.2) is 26.5 Å². The molecule has 0 aliphatic heterocycles. The van der Waals surface area contributed by atoms with E-state index < -0.39 is 16.0 Å². The maximum atomic E-state index is 12.7. The highest BCUT2D eigenvalue weighted by atomic mass is 32.2. The third-order valence-corrected chi connectivity index (χ3v) is 6.87. The van der Waals surface area contributed by atoms with Gasteiger partial charge >= 0.3 is 5.97 Å². The van der Waals surface area contributed by atoms with Crippen molar-refractivity contribution in [3.63, 3.8) is 0 Å². The number of thiazole rings is 1. The van der Waals surface area contributed by atoms with Crippen LogP contribution in [0.25, 0.3) is 11.3 Å². The van der Waals surface area contributed by atoms with E-state index in [-0.39, 0.29) is 10.5 Å². The van der Waals surface area contributed by atoms with E-state index in [1.807, 2.05) is 18.2 Å². The normalized spacial score (nSPS) is 12.8. The lowest BCUT2D eigenvalue weighted by Gasteiger charge is -2.13. The number of carbonyl (C=O) groups is 1. The van der Waals surface area contributed by atoms with Crippen LogP contribution in [0, 0.1) is 0 Å². The van der Waals surface area contributed by atoms with Crippen molar-refractivity contribution < 1.29 is 17.9 Å². The van der Waals surface area contributed by atoms with E-state index in [1.165, 1.54) is 48.3 Å². The molecule has 1 aliphatic carbocycles. The summed E-state index contributed by atoms with van der Waals surface area (Å²) in [7, 11) is -2.61. The molecule has 27 heavy (non-hydrogen) atoms. The van der Waals surface area contributed by atoms with Crippen molar-refractivity contribution in [2.45, 2.75) is 17.7 Å². The van der Waals surface area contributed by atoms with Crippen molar-refractivity contribution in [2.75, 3.05) is 11.8 Å². The summed E-state index contributed by atoms with van der Waals surface area (Å²) in [5, 5.41) is 0.320. The smallest absolute Gasteiger partial charge is 0.337 e. The monoisotopic (exact) mass is 400 g/mol. The summed E-state index contributed by atoms with van der Waals surface area (Å²) >= 11 is 1.34. The van der Waals surface area contributed by atoms with Crippen molar-refractivity contribution in [3.8, 4) is 11.3 Å². The fraction of sp³-hybridized carbons (Fsp3) is 0.158. The first-order valence-corrected chi connectivity index (χ1v) is 10.6. The van der Waals surface area contributed by atoms with E-state index in [1.54, 1.807) is 0 Å². The van der Waals surface area contributed by atoms with Crippen LogP contribution in [0.4, 0.5) is 5.13 Å². The number of nitrogens with zero attached hydrogens (tertiary/aromatic N) is 1. The number of methoxy groups -OCH3 is 1. The number of ether oxygens (including phenoxy) is 1. The van der Waals surface area contributed by atoms with Crippen LogP contribution in [0.2, 0.25) is 0 Å². The Hall–Kier alpha value is -2.71. The predicted molar refractivity (Wildman–Crippen MR) is 104 cm³/mol. The minimum Gasteiger partial charge on any atom is -0.465 e. The highest BCUT2D eigenvalue weighted by Crippen LogP contribution is 2.38. The number of rotatable bonds is 4. The average molecular weight is 400 g/mol. The van der Waals surface area contributed by atoms with E-state index in [0.717, 1.165) is 29.0 Å². The third-order valence-electron chi connectivity index (χ3n) is 4.38. The van der Waals surface area contributed by atoms with Gasteiger partial charge in [0.25, 0.3) is 10.0 Å². The van der Waals surface area contributed by atoms with Crippen molar-refractivity contribution in [1.29, 1.82) is 0 Å². The number of anilines is 1. The van der Waals surface area contributed by atoms with Gasteiger partial charge < -0.3 is 4.74 Å². The van der Waals surface area contributed by atoms with Crippen LogP contribution >= 0.6 is 11.3 Å². The van der Waals surface area contributed by atoms with Gasteiger partial charge in [0.1, 0.15) is 0 Å². The first-order valence-electron chi connectivity index (χ1n) is 8.27. The number of hydrogen-bond acceptors (Lipinski definition) is 6. The Morgan fingerprint density at radius 1 is 1.15 bits per heavy atom. The molecule has 0 amide bonds. The van der Waals surface area contributed by atoms with Crippen LogP contribution in [0.15, 0.2) is 53.4 Å². The van der Waals surface area contributed by atoms with E-state index in [4.69, 9.17) is 0 Å². The van der Waals surface area contributed by atoms with Crippen LogP contribution in [0.3, 0.4) is 0 Å². The van der Waals surface area contributed by atoms with Gasteiger partial charge in [-0.1, -0.05) is 30.3 Å². The number of sulfonamides is 1. The molecule has 0 saturated heterocycles. The molecule has 1 aliphatic rings. The molecule has 6 nitrogen and oxygen atoms in total. The van der Waals surface area contributed by atoms with Gasteiger partial charge in [-0.05, 0) is 36.6 Å². The lowest BCUT2D eigenvalue weighted by Crippen LogP contribution is -2.14. The number of carbonyl (C=O) groups excluding carboxylic acids is 1. The SMILES string of the molecule is COC(=O)c1cccc(S(=O)(=O)Nc2nc3c(s2)CCc2ccccc2-3)c1. The molecule has 0 spiro atoms. The average Bonchev–Trinajstić information content (AvgIpc) is 3.09. The Bertz CT molecular complexity index is 1140. The van der Waals surface area contributed by atoms with Crippen molar-refractivity contribution in [1.82, 2.24) is 4.98 Å². The van der Waals surface area contributed by atoms with Gasteiger partial charge in [0, 0.05) is 10.4 Å². The van der Waals surface area contributed by atoms with Crippen molar-refractivity contribution in [2.24, 2.45) is 0 Å². The first-order chi connectivity index (χ1) is 13.0. The summed E-state index contributed by atoms with van der Waals surface area (Å²) in [6, 6.07) is 13.7. The molecule has 138 valence electrons. The second-order valence-corrected chi connectivity index (χ2v) is 8.84. The summed E-state index contributed by atoms with van der Waals surface area (Å²) < 4.78 is 32.6. The molecule has 0 unspecified atom stereocenters. The minimum atomic E-state index is -3.86. The van der Waals surface area contributed by atoms with E-state index in [0.29, 0.717) is 5.13 Å². The Morgan fingerprint density at radius 2 is 1.96 bits per heavy atom. The fourth-order valence-corrected chi connectivity index (χ4v) is 5.33. The molecule has 0 fully saturated rings. The second kappa shape index (κ2) is 6.79. The summed E-state index contributed by atoms with van der Waals surface area (Å²) in [5.41, 5.74) is 3.28. The molecule has 2 aromatic carbocycles. The Kier molecular flexibility index (Phi) is 4.45. The Balaban J connectivity index is 1.66. The minimum absolute atomic E-state index is 0.0148. The largest absolute Gasteiger partial charge is 0.465 e. The summed E-state index contributed by atoms with van der Waals surface area (Å²) in [6.07, 6.45) is 1.75. The molecule has 0 radical (unpaired) electrons. The second-order valence-electron chi connectivity index (χ2n) is 6.07. The number of esters is 1. The standard InChI is InChI=1S/C19H16N2O4S2/c1-25-18(22)13-6-4-7-14(11-13)27(23,24)21-19-20-17-15-8-3-2-5-12(15)9-10-16(17)26-19/h2-8,11H,9-10H2,1H3,(H,20,21). The van der Waals surface area contributed by atoms with E-state index in [2.05, 4.69) is 20.5 Å². The maximum absolute atomic E-state index is 12.7. The number of fused-ring (bicyclic) bond motifs is 3. The molecule has 4 rings (SSSR count). The topological polar surface area (TPSA) is 85.4 Å². The molecule has 1 heterocycles. The van der Waals surface area contributed by atoms with Gasteiger partial charge in [-0.2, -0.15) is 0 Å². The van der Waals surface area contributed by atoms with E-state index >= 15 is 0 Å². The molecule has 8 heteroatoms. The highest BCUT2D eigenvalue weighted by molar-refractivity contribution is 7.93. The fourth-order valence-electron chi connectivity index (χ4n) is 3.07. The highest BCUT2D eigenvalue weighted by Gasteiger charge is 2.23. The van der Waals surface area contributed by atoms with Gasteiger partial charge in [0.15, 0.2) is 5.13 Å². The number of aryl methyl sites for hydroxylation is 2. The zero-order valence-corrected chi connectivity index (χ0v) is 16.1. The summed E-state index contributed by atoms with van der Waals surface area (Å²) in [5.74, 6) is -0.589. The molecule has 1 N–H and O–H groups in total. The number of hydrogen-bond donors (Lipinski definition) is 1. The molecule has 0 atom stereocenters. The zero-order chi connectivity index (χ0) is 19.0. The van der Waals surface area contributed by atoms with Crippen molar-refractivity contribution in [3.05, 3.63) is 64.5 Å². The first kappa shape index (κ1) is 17.7. The van der Waals surface area contributed by atoms with E-state index in [9.17, 15) is 13.2 Å². The summed E-state index contributed by atoms with van der Waals surface area (Å²) in [4.78, 5) is 17.2. The lowest BCUT2D eigenvalue weighted by atomic mass is 9.94. The molecular weight excluding hydrogens is 384 g/mol. The molecule has 1 aromatic heterocycles. The predicted octanol–water partition coefficient (Wildman–Crippen LogP) is 3.50. The van der Waals surface area contributed by atoms with Crippen molar-refractivity contribution >= 4 is 32.5 Å². The quantitative estimate of drug-likeness (QED) is 0.678. The van der Waals surface area contributed by atoms with Gasteiger partial charge in [0.2, 0.25) is 0 Å². The van der Waals surface area contributed by atoms with Crippen LogP contribution in [0.1, 0.15) is 20.8 Å². The van der Waals surface area contributed by atoms with Gasteiger partial charge in [-0.25, -0.2) is 18.2 Å². The summed E-state index contributed by atoms with van der Waals surface area (Å²) in [6.45, 7) is 0. The van der Waals surface area contributed by atoms with Crippen LogP contribution < -0.4 is 4.72 Å². The van der Waals surface area contributed by atoms with Gasteiger partial charge in [0.05, 0.1) is 23.3 Å². The molecule has 0 saturated carbocycles. The number of aromatic nitrogens is 1. The number of benzene rings is 2. The number of nitrogens with one attached hydrogen (secondary N) is 1. The zero-order valence-electron chi connectivity index (χ0n) is 14.4. The van der Waals surface area contributed by atoms with Crippen LogP contribution in [0.5, 0.6) is 0 Å². The van der Waals surface area contributed by atoms with Crippen LogP contribution in [-0.2, 0) is 27.6 Å². The molecular formula is C19H16N2O4S2. The third kappa shape index (κ3) is 3.33. The van der Waals surface area contributed by atoms with Gasteiger partial charge in [-0.3, -0.25) is 4.72 Å². The Labute approximate surface area is 160 Å². The maximum Gasteiger partial charge on any atom is 0.337 e. The molecule has 3 aromatic rings. The van der Waals surface area contributed by atoms with Gasteiger partial charge in [-0.15, -0.1) is 11.3 Å². The molecule has 0 bridgehead atoms. The lowest BCUT2D eigenvalue weighted by molar-refractivity contribution is 0.0600. The Morgan fingerprint density at radius 3 is 2.78 bits per heavy atom.